The lowest BCUT2D eigenvalue weighted by Crippen LogP contribution is -2.31. The van der Waals surface area contributed by atoms with Crippen LogP contribution in [0.15, 0.2) is 28.9 Å². The number of sulfonamides is 1. The van der Waals surface area contributed by atoms with Crippen LogP contribution in [0.4, 0.5) is 0 Å². The fraction of sp³-hybridized carbons (Fsp3) is 0.143. The first-order chi connectivity index (χ1) is 6.93. The number of aromatic nitrogens is 2. The second-order valence-electron chi connectivity index (χ2n) is 2.59. The number of amides is 1. The molecule has 82 valence electrons. The van der Waals surface area contributed by atoms with Gasteiger partial charge in [0.1, 0.15) is 6.54 Å². The minimum atomic E-state index is -3.72. The molecular formula is C7H8BrN3O3S. The smallest absolute Gasteiger partial charge is 0.256 e. The molecule has 0 saturated carbocycles. The maximum Gasteiger partial charge on any atom is 0.256 e. The Balaban J connectivity index is 2.61. The van der Waals surface area contributed by atoms with Gasteiger partial charge in [0, 0.05) is 11.6 Å². The van der Waals surface area contributed by atoms with Crippen LogP contribution in [0.1, 0.15) is 0 Å². The van der Waals surface area contributed by atoms with E-state index in [-0.39, 0.29) is 6.54 Å². The summed E-state index contributed by atoms with van der Waals surface area (Å²) in [5.41, 5.74) is 0. The molecule has 1 amide bonds. The monoisotopic (exact) mass is 293 g/mol. The van der Waals surface area contributed by atoms with Crippen molar-refractivity contribution in [1.82, 2.24) is 14.5 Å². The van der Waals surface area contributed by atoms with Crippen molar-refractivity contribution in [2.45, 2.75) is 6.54 Å². The molecule has 6 nitrogen and oxygen atoms in total. The first-order valence-electron chi connectivity index (χ1n) is 3.79. The molecule has 1 heterocycles. The second-order valence-corrected chi connectivity index (χ2v) is 5.14. The highest BCUT2D eigenvalue weighted by Gasteiger charge is 2.10. The van der Waals surface area contributed by atoms with Crippen molar-refractivity contribution < 1.29 is 13.2 Å². The summed E-state index contributed by atoms with van der Waals surface area (Å²) in [5.74, 6) is -0.675. The summed E-state index contributed by atoms with van der Waals surface area (Å²) in [4.78, 5) is 11.2. The average Bonchev–Trinajstić information content (AvgIpc) is 2.50. The number of carbonyl (C=O) groups excluding carboxylic acids is 1. The van der Waals surface area contributed by atoms with E-state index in [0.717, 1.165) is 0 Å². The van der Waals surface area contributed by atoms with Gasteiger partial charge in [0.25, 0.3) is 15.9 Å². The summed E-state index contributed by atoms with van der Waals surface area (Å²) < 4.78 is 25.6. The van der Waals surface area contributed by atoms with E-state index >= 15 is 0 Å². The van der Waals surface area contributed by atoms with Crippen molar-refractivity contribution in [2.75, 3.05) is 0 Å². The van der Waals surface area contributed by atoms with Gasteiger partial charge in [0.2, 0.25) is 0 Å². The van der Waals surface area contributed by atoms with Crippen LogP contribution >= 0.6 is 15.9 Å². The third-order valence-corrected chi connectivity index (χ3v) is 2.74. The molecule has 8 heteroatoms. The molecule has 0 bridgehead atoms. The van der Waals surface area contributed by atoms with Crippen molar-refractivity contribution in [2.24, 2.45) is 0 Å². The molecule has 0 saturated heterocycles. The Kier molecular flexibility index (Phi) is 3.64. The first-order valence-corrected chi connectivity index (χ1v) is 6.13. The number of rotatable bonds is 4. The van der Waals surface area contributed by atoms with Gasteiger partial charge in [-0.05, 0) is 15.9 Å². The summed E-state index contributed by atoms with van der Waals surface area (Å²) >= 11 is 3.15. The molecule has 1 N–H and O–H groups in total. The zero-order valence-corrected chi connectivity index (χ0v) is 9.95. The standard InChI is InChI=1S/C7H8BrN3O3S/c1-2-15(13,14)10-7(12)5-11-4-6(8)3-9-11/h2-4H,1,5H2,(H,10,12). The van der Waals surface area contributed by atoms with Crippen molar-refractivity contribution in [3.05, 3.63) is 28.9 Å². The Morgan fingerprint density at radius 3 is 2.87 bits per heavy atom. The van der Waals surface area contributed by atoms with E-state index in [1.807, 2.05) is 0 Å². The molecule has 1 rings (SSSR count). The Morgan fingerprint density at radius 1 is 1.73 bits per heavy atom. The van der Waals surface area contributed by atoms with E-state index in [4.69, 9.17) is 0 Å². The zero-order chi connectivity index (χ0) is 11.5. The Morgan fingerprint density at radius 2 is 2.40 bits per heavy atom. The molecule has 0 aliphatic carbocycles. The molecule has 0 radical (unpaired) electrons. The van der Waals surface area contributed by atoms with E-state index in [2.05, 4.69) is 27.6 Å². The molecule has 0 atom stereocenters. The van der Waals surface area contributed by atoms with E-state index in [0.29, 0.717) is 9.88 Å². The van der Waals surface area contributed by atoms with Crippen LogP contribution in [0.25, 0.3) is 0 Å². The van der Waals surface area contributed by atoms with Crippen molar-refractivity contribution in [3.8, 4) is 0 Å². The van der Waals surface area contributed by atoms with Gasteiger partial charge in [-0.3, -0.25) is 9.48 Å². The quantitative estimate of drug-likeness (QED) is 0.862. The predicted octanol–water partition coefficient (Wildman–Crippen LogP) is 0.235. The SMILES string of the molecule is C=CS(=O)(=O)NC(=O)Cn1cc(Br)cn1. The summed E-state index contributed by atoms with van der Waals surface area (Å²) in [6.45, 7) is 2.90. The fourth-order valence-corrected chi connectivity index (χ4v) is 1.60. The molecule has 0 aliphatic heterocycles. The number of hydrogen-bond acceptors (Lipinski definition) is 4. The fourth-order valence-electron chi connectivity index (χ4n) is 0.805. The minimum absolute atomic E-state index is 0.168. The Labute approximate surface area is 95.1 Å². The molecule has 0 fully saturated rings. The average molecular weight is 294 g/mol. The number of hydrogen-bond donors (Lipinski definition) is 1. The van der Waals surface area contributed by atoms with Gasteiger partial charge in [-0.15, -0.1) is 0 Å². The molecule has 0 spiro atoms. The topological polar surface area (TPSA) is 81.1 Å². The lowest BCUT2D eigenvalue weighted by atomic mass is 10.6. The van der Waals surface area contributed by atoms with Gasteiger partial charge in [0.15, 0.2) is 0 Å². The summed E-state index contributed by atoms with van der Waals surface area (Å²) in [6, 6.07) is 0. The van der Waals surface area contributed by atoms with Crippen molar-refractivity contribution in [3.63, 3.8) is 0 Å². The largest absolute Gasteiger partial charge is 0.272 e. The molecule has 1 aromatic heterocycles. The third kappa shape index (κ3) is 3.84. The third-order valence-electron chi connectivity index (χ3n) is 1.38. The van der Waals surface area contributed by atoms with E-state index in [1.165, 1.54) is 10.9 Å². The highest BCUT2D eigenvalue weighted by atomic mass is 79.9. The molecule has 0 unspecified atom stereocenters. The van der Waals surface area contributed by atoms with E-state index < -0.39 is 15.9 Å². The number of carbonyl (C=O) groups is 1. The number of halogens is 1. The molecule has 1 aromatic rings. The van der Waals surface area contributed by atoms with Gasteiger partial charge in [-0.1, -0.05) is 6.58 Å². The van der Waals surface area contributed by atoms with Crippen molar-refractivity contribution in [1.29, 1.82) is 0 Å². The second kappa shape index (κ2) is 4.58. The van der Waals surface area contributed by atoms with Gasteiger partial charge in [-0.2, -0.15) is 5.10 Å². The maximum absolute atomic E-state index is 11.2. The minimum Gasteiger partial charge on any atom is -0.272 e. The first kappa shape index (κ1) is 11.9. The lowest BCUT2D eigenvalue weighted by molar-refractivity contribution is -0.120. The van der Waals surface area contributed by atoms with E-state index in [9.17, 15) is 13.2 Å². The summed E-state index contributed by atoms with van der Waals surface area (Å²) in [7, 11) is -3.72. The zero-order valence-electron chi connectivity index (χ0n) is 7.55. The maximum atomic E-state index is 11.2. The predicted molar refractivity (Wildman–Crippen MR) is 57.2 cm³/mol. The molecule has 0 aromatic carbocycles. The van der Waals surface area contributed by atoms with Gasteiger partial charge in [0.05, 0.1) is 10.7 Å². The van der Waals surface area contributed by atoms with Gasteiger partial charge in [-0.25, -0.2) is 13.1 Å². The Bertz CT molecular complexity index is 479. The van der Waals surface area contributed by atoms with Crippen LogP contribution in [-0.4, -0.2) is 24.1 Å². The molecule has 15 heavy (non-hydrogen) atoms. The molecule has 0 aliphatic rings. The van der Waals surface area contributed by atoms with Crippen LogP contribution in [0.5, 0.6) is 0 Å². The van der Waals surface area contributed by atoms with Crippen LogP contribution in [0.2, 0.25) is 0 Å². The van der Waals surface area contributed by atoms with Gasteiger partial charge < -0.3 is 0 Å². The Hall–Kier alpha value is -1.15. The van der Waals surface area contributed by atoms with Crippen LogP contribution in [0.3, 0.4) is 0 Å². The molecular weight excluding hydrogens is 286 g/mol. The highest BCUT2D eigenvalue weighted by Crippen LogP contribution is 2.05. The number of nitrogens with zero attached hydrogens (tertiary/aromatic N) is 2. The van der Waals surface area contributed by atoms with Gasteiger partial charge >= 0.3 is 0 Å². The highest BCUT2D eigenvalue weighted by molar-refractivity contribution is 9.10. The summed E-state index contributed by atoms with van der Waals surface area (Å²) in [5, 5.41) is 4.47. The number of nitrogens with one attached hydrogen (secondary N) is 1. The normalized spacial score (nSPS) is 11.0. The van der Waals surface area contributed by atoms with Crippen LogP contribution < -0.4 is 4.72 Å². The summed E-state index contributed by atoms with van der Waals surface area (Å²) in [6.07, 6.45) is 3.05. The van der Waals surface area contributed by atoms with Crippen LogP contribution in [-0.2, 0) is 21.4 Å². The van der Waals surface area contributed by atoms with E-state index in [1.54, 1.807) is 10.9 Å². The van der Waals surface area contributed by atoms with Crippen LogP contribution in [0, 0.1) is 0 Å². The lowest BCUT2D eigenvalue weighted by Gasteiger charge is -2.02. The van der Waals surface area contributed by atoms with Crippen molar-refractivity contribution >= 4 is 31.9 Å².